The molecular formula is C32H31Cl2N3O5S. The predicted octanol–water partition coefficient (Wildman–Crippen LogP) is 5.58. The average molecular weight is 641 g/mol. The number of carbonyl (C=O) groups excluding carboxylic acids is 2. The van der Waals surface area contributed by atoms with Crippen LogP contribution >= 0.6 is 23.2 Å². The second kappa shape index (κ2) is 14.4. The van der Waals surface area contributed by atoms with Crippen LogP contribution in [0, 0.1) is 0 Å². The first-order chi connectivity index (χ1) is 20.6. The van der Waals surface area contributed by atoms with Gasteiger partial charge in [-0.1, -0.05) is 77.8 Å². The van der Waals surface area contributed by atoms with Gasteiger partial charge in [-0.2, -0.15) is 0 Å². The van der Waals surface area contributed by atoms with Crippen LogP contribution in [0.2, 0.25) is 10.0 Å². The maximum Gasteiger partial charge on any atom is 0.264 e. The molecule has 4 rings (SSSR count). The Kier molecular flexibility index (Phi) is 10.7. The summed E-state index contributed by atoms with van der Waals surface area (Å²) >= 11 is 12.4. The lowest BCUT2D eigenvalue weighted by Crippen LogP contribution is -2.53. The number of hydrogen-bond acceptors (Lipinski definition) is 5. The van der Waals surface area contributed by atoms with Crippen molar-refractivity contribution >= 4 is 50.7 Å². The number of hydrogen-bond donors (Lipinski definition) is 1. The number of benzene rings is 4. The maximum atomic E-state index is 14.3. The van der Waals surface area contributed by atoms with Crippen LogP contribution < -0.4 is 14.4 Å². The number of methoxy groups -OCH3 is 1. The van der Waals surface area contributed by atoms with Gasteiger partial charge in [0.25, 0.3) is 10.0 Å². The van der Waals surface area contributed by atoms with Gasteiger partial charge >= 0.3 is 0 Å². The van der Waals surface area contributed by atoms with E-state index in [4.69, 9.17) is 27.9 Å². The molecule has 11 heteroatoms. The number of rotatable bonds is 12. The van der Waals surface area contributed by atoms with Crippen molar-refractivity contribution in [1.82, 2.24) is 10.2 Å². The van der Waals surface area contributed by atoms with Crippen LogP contribution in [0.1, 0.15) is 11.1 Å². The molecule has 1 N–H and O–H groups in total. The summed E-state index contributed by atoms with van der Waals surface area (Å²) in [6.45, 7) is -0.589. The zero-order valence-corrected chi connectivity index (χ0v) is 25.9. The largest absolute Gasteiger partial charge is 0.497 e. The molecule has 8 nitrogen and oxygen atoms in total. The van der Waals surface area contributed by atoms with E-state index in [-0.39, 0.29) is 17.9 Å². The van der Waals surface area contributed by atoms with E-state index in [0.717, 1.165) is 9.87 Å². The summed E-state index contributed by atoms with van der Waals surface area (Å²) in [6.07, 6.45) is 0.199. The van der Waals surface area contributed by atoms with Gasteiger partial charge in [0.1, 0.15) is 18.3 Å². The highest BCUT2D eigenvalue weighted by molar-refractivity contribution is 7.92. The van der Waals surface area contributed by atoms with Crippen LogP contribution in [0.5, 0.6) is 5.75 Å². The Morgan fingerprint density at radius 1 is 0.837 bits per heavy atom. The van der Waals surface area contributed by atoms with Crippen LogP contribution in [-0.4, -0.2) is 51.9 Å². The first-order valence-corrected chi connectivity index (χ1v) is 15.5. The molecule has 0 bridgehead atoms. The Morgan fingerprint density at radius 2 is 1.47 bits per heavy atom. The molecule has 224 valence electrons. The SMILES string of the molecule is CNC(=O)[C@H](Cc1ccccc1)N(Cc1ccc(Cl)c(Cl)c1)C(=O)CN(c1ccccc1)S(=O)(=O)c1ccc(OC)cc1. The molecule has 0 fully saturated rings. The molecule has 0 saturated carbocycles. The Morgan fingerprint density at radius 3 is 2.05 bits per heavy atom. The van der Waals surface area contributed by atoms with Gasteiger partial charge in [0.15, 0.2) is 0 Å². The number of anilines is 1. The molecule has 2 amide bonds. The molecule has 1 atom stereocenters. The van der Waals surface area contributed by atoms with Crippen molar-refractivity contribution in [2.24, 2.45) is 0 Å². The highest BCUT2D eigenvalue weighted by atomic mass is 35.5. The Balaban J connectivity index is 1.77. The van der Waals surface area contributed by atoms with Crippen LogP contribution in [0.3, 0.4) is 0 Å². The van der Waals surface area contributed by atoms with Crippen LogP contribution in [0.4, 0.5) is 5.69 Å². The van der Waals surface area contributed by atoms with Crippen molar-refractivity contribution < 1.29 is 22.7 Å². The fourth-order valence-electron chi connectivity index (χ4n) is 4.55. The lowest BCUT2D eigenvalue weighted by Gasteiger charge is -2.33. The molecule has 4 aromatic rings. The molecule has 0 saturated heterocycles. The molecule has 0 aliphatic rings. The van der Waals surface area contributed by atoms with Crippen molar-refractivity contribution in [2.75, 3.05) is 25.0 Å². The first-order valence-electron chi connectivity index (χ1n) is 13.3. The summed E-state index contributed by atoms with van der Waals surface area (Å²) in [7, 11) is -1.23. The van der Waals surface area contributed by atoms with E-state index in [2.05, 4.69) is 5.32 Å². The standard InChI is InChI=1S/C32H31Cl2N3O5S/c1-35-32(39)30(20-23-9-5-3-6-10-23)36(21-24-13-18-28(33)29(34)19-24)31(38)22-37(25-11-7-4-8-12-25)43(40,41)27-16-14-26(42-2)15-17-27/h3-19,30H,20-22H2,1-2H3,(H,35,39)/t30-/m0/s1. The highest BCUT2D eigenvalue weighted by Gasteiger charge is 2.34. The molecule has 0 spiro atoms. The smallest absolute Gasteiger partial charge is 0.264 e. The van der Waals surface area contributed by atoms with E-state index >= 15 is 0 Å². The topological polar surface area (TPSA) is 96.0 Å². The van der Waals surface area contributed by atoms with Crippen LogP contribution in [0.15, 0.2) is 108 Å². The number of nitrogens with zero attached hydrogens (tertiary/aromatic N) is 2. The van der Waals surface area contributed by atoms with E-state index < -0.39 is 34.4 Å². The number of para-hydroxylation sites is 1. The summed E-state index contributed by atoms with van der Waals surface area (Å²) in [4.78, 5) is 28.9. The molecule has 0 heterocycles. The number of sulfonamides is 1. The molecule has 4 aromatic carbocycles. The fourth-order valence-corrected chi connectivity index (χ4v) is 6.29. The lowest BCUT2D eigenvalue weighted by molar-refractivity contribution is -0.139. The zero-order valence-electron chi connectivity index (χ0n) is 23.6. The highest BCUT2D eigenvalue weighted by Crippen LogP contribution is 2.27. The van der Waals surface area contributed by atoms with Gasteiger partial charge in [0.05, 0.1) is 27.7 Å². The molecule has 0 aromatic heterocycles. The fraction of sp³-hybridized carbons (Fsp3) is 0.188. The minimum absolute atomic E-state index is 0.0203. The Labute approximate surface area is 261 Å². The van der Waals surface area contributed by atoms with Crippen molar-refractivity contribution in [1.29, 1.82) is 0 Å². The van der Waals surface area contributed by atoms with Crippen molar-refractivity contribution in [2.45, 2.75) is 23.9 Å². The van der Waals surface area contributed by atoms with Gasteiger partial charge in [0.2, 0.25) is 11.8 Å². The molecule has 0 aliphatic carbocycles. The molecule has 0 radical (unpaired) electrons. The third-order valence-corrected chi connectivity index (χ3v) is 9.35. The van der Waals surface area contributed by atoms with Gasteiger partial charge < -0.3 is 15.0 Å². The average Bonchev–Trinajstić information content (AvgIpc) is 3.03. The number of ether oxygens (including phenoxy) is 1. The van der Waals surface area contributed by atoms with Gasteiger partial charge in [-0.05, 0) is 59.7 Å². The number of halogens is 2. The second-order valence-electron chi connectivity index (χ2n) is 9.61. The van der Waals surface area contributed by atoms with Gasteiger partial charge in [-0.3, -0.25) is 13.9 Å². The quantitative estimate of drug-likeness (QED) is 0.218. The number of carbonyl (C=O) groups is 2. The summed E-state index contributed by atoms with van der Waals surface area (Å²) in [5.41, 5.74) is 1.74. The molecular weight excluding hydrogens is 609 g/mol. The monoisotopic (exact) mass is 639 g/mol. The summed E-state index contributed by atoms with van der Waals surface area (Å²) in [5.74, 6) is -0.499. The maximum absolute atomic E-state index is 14.3. The minimum atomic E-state index is -4.21. The van der Waals surface area contributed by atoms with Gasteiger partial charge in [0, 0.05) is 20.0 Å². The minimum Gasteiger partial charge on any atom is -0.497 e. The van der Waals surface area contributed by atoms with Gasteiger partial charge in [-0.25, -0.2) is 8.42 Å². The van der Waals surface area contributed by atoms with Crippen LogP contribution in [-0.2, 0) is 32.6 Å². The van der Waals surface area contributed by atoms with Crippen molar-refractivity contribution in [3.05, 3.63) is 124 Å². The summed E-state index contributed by atoms with van der Waals surface area (Å²) in [5, 5.41) is 3.29. The van der Waals surface area contributed by atoms with E-state index in [1.54, 1.807) is 48.5 Å². The van der Waals surface area contributed by atoms with Crippen LogP contribution in [0.25, 0.3) is 0 Å². The van der Waals surface area contributed by atoms with Crippen molar-refractivity contribution in [3.63, 3.8) is 0 Å². The Bertz CT molecular complexity index is 1650. The normalized spacial score (nSPS) is 11.8. The lowest BCUT2D eigenvalue weighted by atomic mass is 10.0. The second-order valence-corrected chi connectivity index (χ2v) is 12.3. The predicted molar refractivity (Wildman–Crippen MR) is 169 cm³/mol. The summed E-state index contributed by atoms with van der Waals surface area (Å²) in [6, 6.07) is 27.5. The van der Waals surface area contributed by atoms with E-state index in [0.29, 0.717) is 27.0 Å². The zero-order chi connectivity index (χ0) is 31.0. The Hall–Kier alpha value is -4.05. The molecule has 43 heavy (non-hydrogen) atoms. The van der Waals surface area contributed by atoms with E-state index in [9.17, 15) is 18.0 Å². The van der Waals surface area contributed by atoms with Crippen molar-refractivity contribution in [3.8, 4) is 5.75 Å². The summed E-state index contributed by atoms with van der Waals surface area (Å²) < 4.78 is 34.2. The number of amides is 2. The number of likely N-dealkylation sites (N-methyl/N-ethyl adjacent to an activating group) is 1. The van der Waals surface area contributed by atoms with E-state index in [1.165, 1.54) is 43.3 Å². The number of nitrogens with one attached hydrogen (secondary N) is 1. The third-order valence-electron chi connectivity index (χ3n) is 6.82. The molecule has 0 aliphatic heterocycles. The molecule has 0 unspecified atom stereocenters. The van der Waals surface area contributed by atoms with E-state index in [1.807, 2.05) is 30.3 Å². The third kappa shape index (κ3) is 7.87. The van der Waals surface area contributed by atoms with Gasteiger partial charge in [-0.15, -0.1) is 0 Å². The first kappa shape index (κ1) is 31.9.